The van der Waals surface area contributed by atoms with E-state index in [-0.39, 0.29) is 23.2 Å². The Hall–Kier alpha value is -3.28. The molecule has 2 heterocycles. The first-order valence-corrected chi connectivity index (χ1v) is 8.57. The highest BCUT2D eigenvalue weighted by Gasteiger charge is 2.45. The maximum atomic E-state index is 13.5. The summed E-state index contributed by atoms with van der Waals surface area (Å²) >= 11 is 0. The van der Waals surface area contributed by atoms with Gasteiger partial charge in [0.1, 0.15) is 23.0 Å². The number of nitrogens with one attached hydrogen (secondary N) is 2. The summed E-state index contributed by atoms with van der Waals surface area (Å²) in [5, 5.41) is 3.40. The van der Waals surface area contributed by atoms with Gasteiger partial charge in [0.15, 0.2) is 0 Å². The van der Waals surface area contributed by atoms with Crippen molar-refractivity contribution in [1.29, 1.82) is 0 Å². The summed E-state index contributed by atoms with van der Waals surface area (Å²) < 4.78 is 27.0. The molecule has 4 nitrogen and oxygen atoms in total. The Morgan fingerprint density at radius 3 is 1.96 bits per heavy atom. The quantitative estimate of drug-likeness (QED) is 0.748. The van der Waals surface area contributed by atoms with Crippen molar-refractivity contribution in [3.05, 3.63) is 106 Å². The van der Waals surface area contributed by atoms with E-state index in [1.807, 2.05) is 6.92 Å². The van der Waals surface area contributed by atoms with Crippen LogP contribution in [-0.4, -0.2) is 16.9 Å². The van der Waals surface area contributed by atoms with Crippen LogP contribution in [0.5, 0.6) is 0 Å². The molecule has 1 aromatic heterocycles. The van der Waals surface area contributed by atoms with Gasteiger partial charge in [0.05, 0.1) is 11.7 Å². The lowest BCUT2D eigenvalue weighted by atomic mass is 9.78. The molecular weight excluding hydrogens is 348 g/mol. The van der Waals surface area contributed by atoms with Gasteiger partial charge < -0.3 is 10.3 Å². The average Bonchev–Trinajstić information content (AvgIpc) is 3.01. The standard InChI is InChI=1S/C21H17F2N3O/c1-13-21(14-5-9-16(22)10-6-14,15-7-11-17(23)12-8-15)26-20(24-13)18-3-2-4-19(27)25-18/h2-13H,1H3,(H,24,26)(H,25,27)/t13-/m0/s1. The fourth-order valence-corrected chi connectivity index (χ4v) is 3.56. The summed E-state index contributed by atoms with van der Waals surface area (Å²) in [5.41, 5.74) is 1.09. The van der Waals surface area contributed by atoms with Crippen molar-refractivity contribution >= 4 is 5.84 Å². The molecule has 1 aliphatic rings. The molecule has 3 aromatic rings. The van der Waals surface area contributed by atoms with Gasteiger partial charge in [-0.3, -0.25) is 9.79 Å². The van der Waals surface area contributed by atoms with E-state index in [0.717, 1.165) is 11.1 Å². The normalized spacial score (nSPS) is 18.0. The number of amidine groups is 1. The first kappa shape index (κ1) is 17.1. The zero-order chi connectivity index (χ0) is 19.0. The van der Waals surface area contributed by atoms with Gasteiger partial charge in [0.25, 0.3) is 0 Å². The Morgan fingerprint density at radius 1 is 0.889 bits per heavy atom. The Balaban J connectivity index is 1.86. The van der Waals surface area contributed by atoms with E-state index in [4.69, 9.17) is 4.99 Å². The zero-order valence-electron chi connectivity index (χ0n) is 14.5. The molecule has 136 valence electrons. The number of nitrogens with zero attached hydrogens (tertiary/aromatic N) is 1. The molecule has 0 saturated carbocycles. The van der Waals surface area contributed by atoms with Crippen molar-refractivity contribution in [2.75, 3.05) is 0 Å². The van der Waals surface area contributed by atoms with E-state index in [0.29, 0.717) is 11.5 Å². The molecule has 2 aromatic carbocycles. The summed E-state index contributed by atoms with van der Waals surface area (Å²) in [7, 11) is 0. The minimum atomic E-state index is -0.816. The van der Waals surface area contributed by atoms with Crippen LogP contribution in [0.25, 0.3) is 0 Å². The van der Waals surface area contributed by atoms with E-state index < -0.39 is 5.54 Å². The van der Waals surface area contributed by atoms with Crippen molar-refractivity contribution in [2.45, 2.75) is 18.5 Å². The molecule has 4 rings (SSSR count). The monoisotopic (exact) mass is 365 g/mol. The summed E-state index contributed by atoms with van der Waals surface area (Å²) in [4.78, 5) is 19.1. The minimum absolute atomic E-state index is 0.231. The van der Waals surface area contributed by atoms with Crippen LogP contribution in [0.3, 0.4) is 0 Å². The molecule has 0 radical (unpaired) electrons. The second-order valence-corrected chi connectivity index (χ2v) is 6.53. The Kier molecular flexibility index (Phi) is 4.11. The molecule has 1 atom stereocenters. The van der Waals surface area contributed by atoms with Gasteiger partial charge in [-0.15, -0.1) is 0 Å². The SMILES string of the molecule is C[C@@H]1N=C(c2cccc(=O)[nH]2)NC1(c1ccc(F)cc1)c1ccc(F)cc1. The van der Waals surface area contributed by atoms with Crippen LogP contribution in [0, 0.1) is 11.6 Å². The number of H-pyrrole nitrogens is 1. The van der Waals surface area contributed by atoms with Gasteiger partial charge in [0.2, 0.25) is 5.56 Å². The molecule has 0 saturated heterocycles. The Morgan fingerprint density at radius 2 is 1.44 bits per heavy atom. The van der Waals surface area contributed by atoms with E-state index in [2.05, 4.69) is 10.3 Å². The highest BCUT2D eigenvalue weighted by molar-refractivity contribution is 5.99. The number of aromatic amines is 1. The Labute approximate surface area is 154 Å². The smallest absolute Gasteiger partial charge is 0.248 e. The van der Waals surface area contributed by atoms with Gasteiger partial charge in [0, 0.05) is 6.07 Å². The molecule has 1 aliphatic heterocycles. The molecule has 0 spiro atoms. The van der Waals surface area contributed by atoms with Crippen molar-refractivity contribution in [2.24, 2.45) is 4.99 Å². The summed E-state index contributed by atoms with van der Waals surface area (Å²) in [5.74, 6) is -0.159. The van der Waals surface area contributed by atoms with Gasteiger partial charge in [-0.1, -0.05) is 30.3 Å². The number of pyridine rings is 1. The maximum absolute atomic E-state index is 13.5. The Bertz CT molecular complexity index is 1010. The molecule has 27 heavy (non-hydrogen) atoms. The van der Waals surface area contributed by atoms with Crippen LogP contribution in [-0.2, 0) is 5.54 Å². The molecule has 2 N–H and O–H groups in total. The van der Waals surface area contributed by atoms with Crippen LogP contribution >= 0.6 is 0 Å². The van der Waals surface area contributed by atoms with E-state index in [9.17, 15) is 13.6 Å². The molecule has 6 heteroatoms. The van der Waals surface area contributed by atoms with Crippen LogP contribution in [0.2, 0.25) is 0 Å². The number of rotatable bonds is 3. The van der Waals surface area contributed by atoms with Gasteiger partial charge in [-0.2, -0.15) is 0 Å². The first-order chi connectivity index (χ1) is 13.0. The second kappa shape index (κ2) is 6.46. The second-order valence-electron chi connectivity index (χ2n) is 6.53. The highest BCUT2D eigenvalue weighted by atomic mass is 19.1. The molecule has 0 fully saturated rings. The molecular formula is C21H17F2N3O. The largest absolute Gasteiger partial charge is 0.353 e. The third kappa shape index (κ3) is 2.93. The van der Waals surface area contributed by atoms with Crippen molar-refractivity contribution in [3.63, 3.8) is 0 Å². The minimum Gasteiger partial charge on any atom is -0.353 e. The molecule has 0 bridgehead atoms. The summed E-state index contributed by atoms with van der Waals surface area (Å²) in [6, 6.07) is 16.8. The fraction of sp³-hybridized carbons (Fsp3) is 0.143. The van der Waals surface area contributed by atoms with Gasteiger partial charge in [-0.05, 0) is 48.4 Å². The van der Waals surface area contributed by atoms with E-state index in [1.54, 1.807) is 36.4 Å². The van der Waals surface area contributed by atoms with Crippen LogP contribution in [0.1, 0.15) is 23.7 Å². The number of hydrogen-bond donors (Lipinski definition) is 2. The van der Waals surface area contributed by atoms with E-state index in [1.165, 1.54) is 30.3 Å². The predicted molar refractivity (Wildman–Crippen MR) is 99.8 cm³/mol. The number of aromatic nitrogens is 1. The summed E-state index contributed by atoms with van der Waals surface area (Å²) in [6.45, 7) is 1.92. The van der Waals surface area contributed by atoms with Crippen molar-refractivity contribution < 1.29 is 8.78 Å². The number of halogens is 2. The van der Waals surface area contributed by atoms with E-state index >= 15 is 0 Å². The number of hydrogen-bond acceptors (Lipinski definition) is 3. The molecule has 0 unspecified atom stereocenters. The van der Waals surface area contributed by atoms with Crippen LogP contribution in [0.15, 0.2) is 76.5 Å². The van der Waals surface area contributed by atoms with Crippen molar-refractivity contribution in [1.82, 2.24) is 10.3 Å². The van der Waals surface area contributed by atoms with Crippen LogP contribution < -0.4 is 10.9 Å². The first-order valence-electron chi connectivity index (χ1n) is 8.57. The van der Waals surface area contributed by atoms with Gasteiger partial charge in [-0.25, -0.2) is 8.78 Å². The highest BCUT2D eigenvalue weighted by Crippen LogP contribution is 2.38. The fourth-order valence-electron chi connectivity index (χ4n) is 3.56. The topological polar surface area (TPSA) is 57.2 Å². The van der Waals surface area contributed by atoms with Crippen LogP contribution in [0.4, 0.5) is 8.78 Å². The number of benzene rings is 2. The summed E-state index contributed by atoms with van der Waals surface area (Å²) in [6.07, 6.45) is 0. The predicted octanol–water partition coefficient (Wildman–Crippen LogP) is 3.34. The zero-order valence-corrected chi connectivity index (χ0v) is 14.5. The molecule has 0 amide bonds. The molecule has 0 aliphatic carbocycles. The van der Waals surface area contributed by atoms with Crippen molar-refractivity contribution in [3.8, 4) is 0 Å². The number of aliphatic imine (C=N–C) groups is 1. The third-order valence-electron chi connectivity index (χ3n) is 4.89. The lowest BCUT2D eigenvalue weighted by molar-refractivity contribution is 0.433. The average molecular weight is 365 g/mol. The van der Waals surface area contributed by atoms with Gasteiger partial charge >= 0.3 is 0 Å². The third-order valence-corrected chi connectivity index (χ3v) is 4.89. The lowest BCUT2D eigenvalue weighted by Gasteiger charge is -2.35. The lowest BCUT2D eigenvalue weighted by Crippen LogP contribution is -2.48. The maximum Gasteiger partial charge on any atom is 0.248 e.